The van der Waals surface area contributed by atoms with Crippen molar-refractivity contribution < 1.29 is 18.8 Å². The molecule has 3 aliphatic rings. The number of nitrogens with zero attached hydrogens (tertiary/aromatic N) is 3. The fraction of sp³-hybridized carbons (Fsp3) is 0.812. The van der Waals surface area contributed by atoms with Gasteiger partial charge in [-0.1, -0.05) is 5.16 Å². The maximum Gasteiger partial charge on any atom is 0.233 e. The number of rotatable bonds is 7. The standard InChI is InChI=1S/C16H23N3O4/c20-16(12-3-5-22-10-12)19-7-13(8-19)15-17-14(18-23-15)4-6-21-9-11-1-2-11/h11-13H,1-10H2. The second-order valence-corrected chi connectivity index (χ2v) is 6.82. The molecule has 7 heteroatoms. The summed E-state index contributed by atoms with van der Waals surface area (Å²) in [6.45, 7) is 4.11. The van der Waals surface area contributed by atoms with E-state index >= 15 is 0 Å². The molecule has 1 unspecified atom stereocenters. The Labute approximate surface area is 135 Å². The lowest BCUT2D eigenvalue weighted by Gasteiger charge is -2.38. The van der Waals surface area contributed by atoms with Crippen molar-refractivity contribution in [3.63, 3.8) is 0 Å². The molecule has 1 aromatic heterocycles. The molecule has 0 bridgehead atoms. The Balaban J connectivity index is 1.20. The molecule has 126 valence electrons. The molecule has 2 saturated heterocycles. The van der Waals surface area contributed by atoms with E-state index in [1.807, 2.05) is 4.90 Å². The van der Waals surface area contributed by atoms with E-state index in [0.717, 1.165) is 18.9 Å². The van der Waals surface area contributed by atoms with Gasteiger partial charge in [-0.2, -0.15) is 4.98 Å². The summed E-state index contributed by atoms with van der Waals surface area (Å²) in [6, 6.07) is 0. The van der Waals surface area contributed by atoms with E-state index in [0.29, 0.717) is 51.0 Å². The number of hydrogen-bond donors (Lipinski definition) is 0. The van der Waals surface area contributed by atoms with Gasteiger partial charge in [-0.3, -0.25) is 4.79 Å². The summed E-state index contributed by atoms with van der Waals surface area (Å²) in [6.07, 6.45) is 4.13. The van der Waals surface area contributed by atoms with Gasteiger partial charge < -0.3 is 18.9 Å². The van der Waals surface area contributed by atoms with Crippen LogP contribution in [0.5, 0.6) is 0 Å². The van der Waals surface area contributed by atoms with Crippen LogP contribution in [-0.2, 0) is 20.7 Å². The van der Waals surface area contributed by atoms with Gasteiger partial charge in [0, 0.05) is 32.7 Å². The predicted octanol–water partition coefficient (Wildman–Crippen LogP) is 1.00. The van der Waals surface area contributed by atoms with E-state index in [-0.39, 0.29) is 17.7 Å². The Bertz CT molecular complexity index is 545. The Kier molecular flexibility index (Phi) is 4.31. The van der Waals surface area contributed by atoms with Crippen molar-refractivity contribution in [3.05, 3.63) is 11.7 Å². The number of amides is 1. The highest BCUT2D eigenvalue weighted by atomic mass is 16.5. The van der Waals surface area contributed by atoms with Gasteiger partial charge in [0.1, 0.15) is 0 Å². The van der Waals surface area contributed by atoms with E-state index in [9.17, 15) is 4.79 Å². The minimum Gasteiger partial charge on any atom is -0.381 e. The van der Waals surface area contributed by atoms with Crippen LogP contribution in [0.25, 0.3) is 0 Å². The van der Waals surface area contributed by atoms with Crippen molar-refractivity contribution >= 4 is 5.91 Å². The highest BCUT2D eigenvalue weighted by Crippen LogP contribution is 2.29. The molecule has 1 aromatic rings. The second kappa shape index (κ2) is 6.57. The van der Waals surface area contributed by atoms with Gasteiger partial charge in [0.15, 0.2) is 5.82 Å². The van der Waals surface area contributed by atoms with Crippen molar-refractivity contribution in [2.45, 2.75) is 31.6 Å². The first-order valence-electron chi connectivity index (χ1n) is 8.56. The maximum absolute atomic E-state index is 12.2. The molecule has 7 nitrogen and oxygen atoms in total. The molecule has 3 fully saturated rings. The smallest absolute Gasteiger partial charge is 0.233 e. The SMILES string of the molecule is O=C(C1CCOC1)N1CC(c2nc(CCOCC3CC3)no2)C1. The molecule has 0 spiro atoms. The first-order chi connectivity index (χ1) is 11.3. The van der Waals surface area contributed by atoms with Crippen LogP contribution < -0.4 is 0 Å². The number of hydrogen-bond acceptors (Lipinski definition) is 6. The fourth-order valence-corrected chi connectivity index (χ4v) is 3.04. The topological polar surface area (TPSA) is 77.7 Å². The Morgan fingerprint density at radius 1 is 1.30 bits per heavy atom. The van der Waals surface area contributed by atoms with Crippen LogP contribution in [0.3, 0.4) is 0 Å². The van der Waals surface area contributed by atoms with Crippen LogP contribution in [0.15, 0.2) is 4.52 Å². The Morgan fingerprint density at radius 3 is 2.91 bits per heavy atom. The summed E-state index contributed by atoms with van der Waals surface area (Å²) < 4.78 is 16.2. The van der Waals surface area contributed by atoms with Gasteiger partial charge in [-0.05, 0) is 25.2 Å². The second-order valence-electron chi connectivity index (χ2n) is 6.82. The molecule has 1 saturated carbocycles. The van der Waals surface area contributed by atoms with Crippen molar-refractivity contribution in [1.82, 2.24) is 15.0 Å². The Hall–Kier alpha value is -1.47. The zero-order valence-corrected chi connectivity index (χ0v) is 13.3. The maximum atomic E-state index is 12.2. The first-order valence-corrected chi connectivity index (χ1v) is 8.56. The first kappa shape index (κ1) is 15.1. The largest absolute Gasteiger partial charge is 0.381 e. The average Bonchev–Trinajstić information content (AvgIpc) is 3.00. The quantitative estimate of drug-likeness (QED) is 0.697. The molecule has 0 aromatic carbocycles. The molecule has 23 heavy (non-hydrogen) atoms. The van der Waals surface area contributed by atoms with Gasteiger partial charge in [0.25, 0.3) is 0 Å². The number of ether oxygens (including phenoxy) is 2. The monoisotopic (exact) mass is 321 g/mol. The van der Waals surface area contributed by atoms with Crippen LogP contribution in [-0.4, -0.2) is 60.5 Å². The summed E-state index contributed by atoms with van der Waals surface area (Å²) in [5.41, 5.74) is 0. The summed E-state index contributed by atoms with van der Waals surface area (Å²) in [5, 5.41) is 4.01. The van der Waals surface area contributed by atoms with Gasteiger partial charge in [-0.25, -0.2) is 0 Å². The molecule has 3 heterocycles. The number of carbonyl (C=O) groups excluding carboxylic acids is 1. The van der Waals surface area contributed by atoms with Crippen molar-refractivity contribution in [2.75, 3.05) is 39.5 Å². The van der Waals surface area contributed by atoms with E-state index in [1.54, 1.807) is 0 Å². The number of carbonyl (C=O) groups is 1. The normalized spacial score (nSPS) is 24.9. The van der Waals surface area contributed by atoms with Gasteiger partial charge in [0.05, 0.1) is 25.0 Å². The van der Waals surface area contributed by atoms with Gasteiger partial charge in [0.2, 0.25) is 11.8 Å². The van der Waals surface area contributed by atoms with Crippen LogP contribution >= 0.6 is 0 Å². The molecule has 1 amide bonds. The molecular weight excluding hydrogens is 298 g/mol. The lowest BCUT2D eigenvalue weighted by atomic mass is 9.97. The van der Waals surface area contributed by atoms with Crippen LogP contribution in [0.4, 0.5) is 0 Å². The minimum atomic E-state index is 0.0396. The zero-order valence-electron chi connectivity index (χ0n) is 13.3. The third-order valence-electron chi connectivity index (χ3n) is 4.83. The predicted molar refractivity (Wildman–Crippen MR) is 79.8 cm³/mol. The summed E-state index contributed by atoms with van der Waals surface area (Å²) in [7, 11) is 0. The molecule has 1 atom stereocenters. The summed E-state index contributed by atoms with van der Waals surface area (Å²) >= 11 is 0. The van der Waals surface area contributed by atoms with E-state index in [2.05, 4.69) is 10.1 Å². The van der Waals surface area contributed by atoms with E-state index < -0.39 is 0 Å². The van der Waals surface area contributed by atoms with E-state index in [1.165, 1.54) is 12.8 Å². The van der Waals surface area contributed by atoms with Gasteiger partial charge >= 0.3 is 0 Å². The summed E-state index contributed by atoms with van der Waals surface area (Å²) in [4.78, 5) is 18.5. The molecular formula is C16H23N3O4. The molecule has 2 aliphatic heterocycles. The highest BCUT2D eigenvalue weighted by Gasteiger charge is 2.39. The molecule has 0 N–H and O–H groups in total. The van der Waals surface area contributed by atoms with E-state index in [4.69, 9.17) is 14.0 Å². The van der Waals surface area contributed by atoms with Crippen LogP contribution in [0, 0.1) is 11.8 Å². The van der Waals surface area contributed by atoms with Crippen molar-refractivity contribution in [3.8, 4) is 0 Å². The highest BCUT2D eigenvalue weighted by molar-refractivity contribution is 5.80. The third kappa shape index (κ3) is 3.55. The molecule has 1 aliphatic carbocycles. The fourth-order valence-electron chi connectivity index (χ4n) is 3.04. The van der Waals surface area contributed by atoms with Gasteiger partial charge in [-0.15, -0.1) is 0 Å². The van der Waals surface area contributed by atoms with Crippen LogP contribution in [0.1, 0.15) is 36.9 Å². The van der Waals surface area contributed by atoms with Crippen molar-refractivity contribution in [1.29, 1.82) is 0 Å². The number of aromatic nitrogens is 2. The average molecular weight is 321 g/mol. The molecule has 0 radical (unpaired) electrons. The van der Waals surface area contributed by atoms with Crippen molar-refractivity contribution in [2.24, 2.45) is 11.8 Å². The summed E-state index contributed by atoms with van der Waals surface area (Å²) in [5.74, 6) is 2.54. The minimum absolute atomic E-state index is 0.0396. The molecule has 4 rings (SSSR count). The number of likely N-dealkylation sites (tertiary alicyclic amines) is 1. The lowest BCUT2D eigenvalue weighted by Crippen LogP contribution is -2.51. The zero-order chi connectivity index (χ0) is 15.6. The van der Waals surface area contributed by atoms with Crippen LogP contribution in [0.2, 0.25) is 0 Å². The third-order valence-corrected chi connectivity index (χ3v) is 4.83. The Morgan fingerprint density at radius 2 is 2.17 bits per heavy atom. The lowest BCUT2D eigenvalue weighted by molar-refractivity contribution is -0.140.